The highest BCUT2D eigenvalue weighted by Crippen LogP contribution is 2.06. The van der Waals surface area contributed by atoms with Gasteiger partial charge in [0.15, 0.2) is 6.61 Å². The van der Waals surface area contributed by atoms with E-state index in [9.17, 15) is 9.59 Å². The molecule has 0 fully saturated rings. The van der Waals surface area contributed by atoms with E-state index in [-0.39, 0.29) is 18.3 Å². The second kappa shape index (κ2) is 6.56. The maximum Gasteiger partial charge on any atom is 0.374 e. The first-order valence-corrected chi connectivity index (χ1v) is 6.18. The molecule has 5 nitrogen and oxygen atoms in total. The summed E-state index contributed by atoms with van der Waals surface area (Å²) in [6, 6.07) is 10.8. The van der Waals surface area contributed by atoms with Gasteiger partial charge in [-0.15, -0.1) is 0 Å². The fourth-order valence-corrected chi connectivity index (χ4v) is 1.65. The van der Waals surface area contributed by atoms with Crippen LogP contribution in [0.2, 0.25) is 0 Å². The third-order valence-corrected chi connectivity index (χ3v) is 2.79. The minimum absolute atomic E-state index is 0.0803. The van der Waals surface area contributed by atoms with Gasteiger partial charge in [-0.25, -0.2) is 4.79 Å². The van der Waals surface area contributed by atoms with Crippen LogP contribution in [0.3, 0.4) is 0 Å². The first-order valence-electron chi connectivity index (χ1n) is 6.18. The Labute approximate surface area is 116 Å². The zero-order chi connectivity index (χ0) is 14.4. The number of hydrogen-bond acceptors (Lipinski definition) is 4. The first kappa shape index (κ1) is 13.9. The summed E-state index contributed by atoms with van der Waals surface area (Å²) in [7, 11) is 0. The van der Waals surface area contributed by atoms with Crippen molar-refractivity contribution in [2.45, 2.75) is 13.5 Å². The molecule has 0 radical (unpaired) electrons. The number of furan rings is 1. The van der Waals surface area contributed by atoms with Crippen LogP contribution >= 0.6 is 0 Å². The molecule has 0 saturated carbocycles. The number of aryl methyl sites for hydroxylation is 1. The van der Waals surface area contributed by atoms with E-state index in [4.69, 9.17) is 9.15 Å². The summed E-state index contributed by atoms with van der Waals surface area (Å²) in [6.45, 7) is 2.05. The molecule has 1 heterocycles. The Hall–Kier alpha value is -2.56. The van der Waals surface area contributed by atoms with Crippen LogP contribution in [-0.4, -0.2) is 18.5 Å². The standard InChI is InChI=1S/C15H15NO4/c1-11-5-2-3-6-12(11)9-16-14(17)10-20-15(18)13-7-4-8-19-13/h2-8H,9-10H2,1H3,(H,16,17). The Bertz CT molecular complexity index is 590. The molecule has 0 bridgehead atoms. The Morgan fingerprint density at radius 3 is 2.70 bits per heavy atom. The van der Waals surface area contributed by atoms with E-state index in [0.29, 0.717) is 6.54 Å². The number of amides is 1. The zero-order valence-corrected chi connectivity index (χ0v) is 11.1. The van der Waals surface area contributed by atoms with E-state index >= 15 is 0 Å². The van der Waals surface area contributed by atoms with Crippen LogP contribution in [-0.2, 0) is 16.1 Å². The molecule has 0 aliphatic carbocycles. The molecule has 2 rings (SSSR count). The molecule has 0 spiro atoms. The van der Waals surface area contributed by atoms with Crippen molar-refractivity contribution in [3.8, 4) is 0 Å². The SMILES string of the molecule is Cc1ccccc1CNC(=O)COC(=O)c1ccco1. The van der Waals surface area contributed by atoms with Gasteiger partial charge in [-0.2, -0.15) is 0 Å². The molecule has 1 aromatic heterocycles. The summed E-state index contributed by atoms with van der Waals surface area (Å²) in [6.07, 6.45) is 1.37. The number of esters is 1. The van der Waals surface area contributed by atoms with Gasteiger partial charge in [0.1, 0.15) is 0 Å². The molecule has 0 atom stereocenters. The first-order chi connectivity index (χ1) is 9.66. The molecule has 1 amide bonds. The third-order valence-electron chi connectivity index (χ3n) is 2.79. The van der Waals surface area contributed by atoms with Gasteiger partial charge in [0, 0.05) is 6.54 Å². The molecule has 104 valence electrons. The maximum absolute atomic E-state index is 11.6. The lowest BCUT2D eigenvalue weighted by atomic mass is 10.1. The van der Waals surface area contributed by atoms with Crippen LogP contribution < -0.4 is 5.32 Å². The lowest BCUT2D eigenvalue weighted by molar-refractivity contribution is -0.124. The third kappa shape index (κ3) is 3.71. The van der Waals surface area contributed by atoms with Gasteiger partial charge in [0.25, 0.3) is 5.91 Å². The Morgan fingerprint density at radius 1 is 1.20 bits per heavy atom. The molecule has 5 heteroatoms. The summed E-state index contributed by atoms with van der Waals surface area (Å²) in [5, 5.41) is 2.69. The van der Waals surface area contributed by atoms with Crippen LogP contribution in [0.4, 0.5) is 0 Å². The van der Waals surface area contributed by atoms with E-state index in [1.165, 1.54) is 12.3 Å². The van der Waals surface area contributed by atoms with Gasteiger partial charge in [0.2, 0.25) is 5.76 Å². The van der Waals surface area contributed by atoms with Crippen molar-refractivity contribution in [3.05, 3.63) is 59.5 Å². The molecule has 1 aromatic carbocycles. The van der Waals surface area contributed by atoms with Crippen molar-refractivity contribution in [1.29, 1.82) is 0 Å². The van der Waals surface area contributed by atoms with Crippen molar-refractivity contribution in [3.63, 3.8) is 0 Å². The number of nitrogens with one attached hydrogen (secondary N) is 1. The van der Waals surface area contributed by atoms with Gasteiger partial charge in [-0.1, -0.05) is 24.3 Å². The summed E-state index contributed by atoms with van der Waals surface area (Å²) >= 11 is 0. The van der Waals surface area contributed by atoms with E-state index in [0.717, 1.165) is 11.1 Å². The fourth-order valence-electron chi connectivity index (χ4n) is 1.65. The quantitative estimate of drug-likeness (QED) is 0.847. The molecular weight excluding hydrogens is 258 g/mol. The number of carbonyl (C=O) groups is 2. The molecule has 0 saturated heterocycles. The highest BCUT2D eigenvalue weighted by atomic mass is 16.5. The predicted octanol–water partition coefficient (Wildman–Crippen LogP) is 2.06. The van der Waals surface area contributed by atoms with Crippen LogP contribution in [0, 0.1) is 6.92 Å². The summed E-state index contributed by atoms with van der Waals surface area (Å²) in [5.74, 6) is -0.925. The lowest BCUT2D eigenvalue weighted by Gasteiger charge is -2.08. The normalized spacial score (nSPS) is 10.1. The fraction of sp³-hybridized carbons (Fsp3) is 0.200. The summed E-state index contributed by atoms with van der Waals surface area (Å²) in [4.78, 5) is 23.0. The Balaban J connectivity index is 1.76. The highest BCUT2D eigenvalue weighted by Gasteiger charge is 2.12. The second-order valence-corrected chi connectivity index (χ2v) is 4.26. The van der Waals surface area contributed by atoms with Crippen molar-refractivity contribution < 1.29 is 18.7 Å². The molecular formula is C15H15NO4. The van der Waals surface area contributed by atoms with Crippen molar-refractivity contribution in [1.82, 2.24) is 5.32 Å². The van der Waals surface area contributed by atoms with E-state index in [1.807, 2.05) is 31.2 Å². The van der Waals surface area contributed by atoms with Crippen molar-refractivity contribution >= 4 is 11.9 Å². The molecule has 1 N–H and O–H groups in total. The van der Waals surface area contributed by atoms with Gasteiger partial charge in [0.05, 0.1) is 6.26 Å². The number of ether oxygens (including phenoxy) is 1. The Kier molecular flexibility index (Phi) is 4.55. The van der Waals surface area contributed by atoms with E-state index < -0.39 is 5.97 Å². The minimum atomic E-state index is -0.652. The molecule has 0 aliphatic heterocycles. The largest absolute Gasteiger partial charge is 0.457 e. The number of benzene rings is 1. The van der Waals surface area contributed by atoms with E-state index in [2.05, 4.69) is 5.32 Å². The zero-order valence-electron chi connectivity index (χ0n) is 11.1. The van der Waals surface area contributed by atoms with Crippen LogP contribution in [0.5, 0.6) is 0 Å². The van der Waals surface area contributed by atoms with E-state index in [1.54, 1.807) is 6.07 Å². The summed E-state index contributed by atoms with van der Waals surface area (Å²) < 4.78 is 9.69. The summed E-state index contributed by atoms with van der Waals surface area (Å²) in [5.41, 5.74) is 2.12. The molecule has 0 unspecified atom stereocenters. The van der Waals surface area contributed by atoms with Gasteiger partial charge in [-0.3, -0.25) is 4.79 Å². The average molecular weight is 273 g/mol. The van der Waals surface area contributed by atoms with Gasteiger partial charge in [-0.05, 0) is 30.2 Å². The topological polar surface area (TPSA) is 68.5 Å². The predicted molar refractivity (Wildman–Crippen MR) is 72.0 cm³/mol. The van der Waals surface area contributed by atoms with Crippen LogP contribution in [0.25, 0.3) is 0 Å². The maximum atomic E-state index is 11.6. The number of rotatable bonds is 5. The second-order valence-electron chi connectivity index (χ2n) is 4.26. The number of hydrogen-bond donors (Lipinski definition) is 1. The van der Waals surface area contributed by atoms with Crippen LogP contribution in [0.15, 0.2) is 47.1 Å². The monoisotopic (exact) mass is 273 g/mol. The van der Waals surface area contributed by atoms with Crippen molar-refractivity contribution in [2.75, 3.05) is 6.61 Å². The van der Waals surface area contributed by atoms with Crippen LogP contribution in [0.1, 0.15) is 21.7 Å². The smallest absolute Gasteiger partial charge is 0.374 e. The minimum Gasteiger partial charge on any atom is -0.457 e. The Morgan fingerprint density at radius 2 is 2.00 bits per heavy atom. The van der Waals surface area contributed by atoms with Gasteiger partial charge < -0.3 is 14.5 Å². The lowest BCUT2D eigenvalue weighted by Crippen LogP contribution is -2.28. The number of carbonyl (C=O) groups excluding carboxylic acids is 2. The van der Waals surface area contributed by atoms with Gasteiger partial charge >= 0.3 is 5.97 Å². The van der Waals surface area contributed by atoms with Crippen molar-refractivity contribution in [2.24, 2.45) is 0 Å². The molecule has 2 aromatic rings. The molecule has 0 aliphatic rings. The average Bonchev–Trinajstić information content (AvgIpc) is 2.98. The molecule has 20 heavy (non-hydrogen) atoms. The highest BCUT2D eigenvalue weighted by molar-refractivity contribution is 5.88.